The van der Waals surface area contributed by atoms with Gasteiger partial charge >= 0.3 is 6.03 Å². The first kappa shape index (κ1) is 25.5. The van der Waals surface area contributed by atoms with Crippen molar-refractivity contribution in [2.45, 2.75) is 32.4 Å². The fourth-order valence-corrected chi connectivity index (χ4v) is 3.99. The van der Waals surface area contributed by atoms with E-state index in [9.17, 15) is 9.59 Å². The zero-order valence-corrected chi connectivity index (χ0v) is 20.7. The summed E-state index contributed by atoms with van der Waals surface area (Å²) >= 11 is 6.50. The minimum absolute atomic E-state index is 0.0620. The highest BCUT2D eigenvalue weighted by Gasteiger charge is 2.35. The Labute approximate surface area is 205 Å². The molecule has 2 aromatic carbocycles. The van der Waals surface area contributed by atoms with Gasteiger partial charge in [-0.3, -0.25) is 4.79 Å². The lowest BCUT2D eigenvalue weighted by molar-refractivity contribution is -0.133. The van der Waals surface area contributed by atoms with Gasteiger partial charge in [-0.2, -0.15) is 5.10 Å². The third kappa shape index (κ3) is 6.27. The molecule has 9 heteroatoms. The number of rotatable bonds is 9. The molecule has 3 rings (SSSR count). The predicted octanol–water partition coefficient (Wildman–Crippen LogP) is 4.09. The SMILES string of the molecule is COCCN(CC(=O)N1N=C(c2cccc(OC)c2)C[C@@H]1c1ccccc1Cl)C(=O)NC(C)C. The molecule has 0 spiro atoms. The summed E-state index contributed by atoms with van der Waals surface area (Å²) in [4.78, 5) is 27.6. The summed E-state index contributed by atoms with van der Waals surface area (Å²) in [7, 11) is 3.16. The maximum absolute atomic E-state index is 13.5. The van der Waals surface area contributed by atoms with E-state index < -0.39 is 0 Å². The molecule has 0 aromatic heterocycles. The fraction of sp³-hybridized carbons (Fsp3) is 0.400. The van der Waals surface area contributed by atoms with Crippen molar-refractivity contribution in [3.05, 3.63) is 64.7 Å². The Morgan fingerprint density at radius 2 is 1.97 bits per heavy atom. The van der Waals surface area contributed by atoms with Gasteiger partial charge in [0.2, 0.25) is 0 Å². The molecule has 0 saturated carbocycles. The highest BCUT2D eigenvalue weighted by molar-refractivity contribution is 6.31. The molecule has 0 radical (unpaired) electrons. The molecule has 1 heterocycles. The number of urea groups is 1. The molecule has 1 atom stereocenters. The lowest BCUT2D eigenvalue weighted by atomic mass is 9.98. The van der Waals surface area contributed by atoms with E-state index in [1.807, 2.05) is 56.3 Å². The molecular weight excluding hydrogens is 456 g/mol. The Morgan fingerprint density at radius 3 is 2.65 bits per heavy atom. The van der Waals surface area contributed by atoms with Crippen molar-refractivity contribution in [1.82, 2.24) is 15.2 Å². The van der Waals surface area contributed by atoms with Gasteiger partial charge in [0.05, 0.1) is 25.5 Å². The number of halogens is 1. The zero-order valence-electron chi connectivity index (χ0n) is 20.0. The molecule has 8 nitrogen and oxygen atoms in total. The number of nitrogens with one attached hydrogen (secondary N) is 1. The van der Waals surface area contributed by atoms with Crippen LogP contribution in [0.2, 0.25) is 5.02 Å². The summed E-state index contributed by atoms with van der Waals surface area (Å²) in [5.74, 6) is 0.396. The molecule has 1 aliphatic heterocycles. The van der Waals surface area contributed by atoms with Gasteiger partial charge in [-0.15, -0.1) is 0 Å². The second kappa shape index (κ2) is 11.9. The van der Waals surface area contributed by atoms with E-state index in [0.29, 0.717) is 23.8 Å². The first-order valence-electron chi connectivity index (χ1n) is 11.2. The van der Waals surface area contributed by atoms with Crippen molar-refractivity contribution in [3.63, 3.8) is 0 Å². The predicted molar refractivity (Wildman–Crippen MR) is 132 cm³/mol. The summed E-state index contributed by atoms with van der Waals surface area (Å²) in [6.45, 7) is 4.18. The molecule has 1 N–H and O–H groups in total. The Balaban J connectivity index is 1.92. The van der Waals surface area contributed by atoms with Crippen LogP contribution < -0.4 is 10.1 Å². The fourth-order valence-electron chi connectivity index (χ4n) is 3.73. The van der Waals surface area contributed by atoms with Gasteiger partial charge in [-0.25, -0.2) is 9.80 Å². The molecule has 34 heavy (non-hydrogen) atoms. The van der Waals surface area contributed by atoms with E-state index in [1.54, 1.807) is 20.3 Å². The summed E-state index contributed by atoms with van der Waals surface area (Å²) in [6, 6.07) is 14.2. The van der Waals surface area contributed by atoms with Crippen LogP contribution in [0.25, 0.3) is 0 Å². The molecule has 0 unspecified atom stereocenters. The maximum atomic E-state index is 13.5. The van der Waals surface area contributed by atoms with E-state index in [1.165, 1.54) is 9.91 Å². The van der Waals surface area contributed by atoms with Crippen molar-refractivity contribution in [2.75, 3.05) is 33.9 Å². The minimum Gasteiger partial charge on any atom is -0.497 e. The van der Waals surface area contributed by atoms with Gasteiger partial charge in [0.1, 0.15) is 12.3 Å². The molecule has 182 valence electrons. The topological polar surface area (TPSA) is 83.5 Å². The van der Waals surface area contributed by atoms with Gasteiger partial charge in [0.25, 0.3) is 5.91 Å². The van der Waals surface area contributed by atoms with Crippen LogP contribution in [0, 0.1) is 0 Å². The van der Waals surface area contributed by atoms with Crippen LogP contribution in [0.3, 0.4) is 0 Å². The zero-order chi connectivity index (χ0) is 24.7. The van der Waals surface area contributed by atoms with Crippen molar-refractivity contribution in [3.8, 4) is 5.75 Å². The monoisotopic (exact) mass is 486 g/mol. The number of amides is 3. The van der Waals surface area contributed by atoms with Crippen molar-refractivity contribution >= 4 is 29.3 Å². The number of carbonyl (C=O) groups is 2. The van der Waals surface area contributed by atoms with Crippen molar-refractivity contribution in [2.24, 2.45) is 5.10 Å². The Kier molecular flexibility index (Phi) is 8.90. The molecule has 3 amide bonds. The van der Waals surface area contributed by atoms with Crippen LogP contribution in [0.15, 0.2) is 53.6 Å². The van der Waals surface area contributed by atoms with Crippen LogP contribution in [0.5, 0.6) is 5.75 Å². The summed E-state index contributed by atoms with van der Waals surface area (Å²) in [6.07, 6.45) is 0.485. The van der Waals surface area contributed by atoms with E-state index in [4.69, 9.17) is 21.1 Å². The molecule has 2 aromatic rings. The summed E-state index contributed by atoms with van der Waals surface area (Å²) in [5, 5.41) is 9.52. The van der Waals surface area contributed by atoms with E-state index in [-0.39, 0.29) is 37.1 Å². The third-order valence-electron chi connectivity index (χ3n) is 5.42. The number of hydrogen-bond donors (Lipinski definition) is 1. The minimum atomic E-state index is -0.389. The molecule has 0 bridgehead atoms. The number of hydrogen-bond acceptors (Lipinski definition) is 5. The Hall–Kier alpha value is -3.10. The average Bonchev–Trinajstić information content (AvgIpc) is 3.27. The second-order valence-corrected chi connectivity index (χ2v) is 8.68. The largest absolute Gasteiger partial charge is 0.497 e. The van der Waals surface area contributed by atoms with Gasteiger partial charge in [-0.05, 0) is 37.6 Å². The van der Waals surface area contributed by atoms with Crippen molar-refractivity contribution < 1.29 is 19.1 Å². The second-order valence-electron chi connectivity index (χ2n) is 8.28. The maximum Gasteiger partial charge on any atom is 0.318 e. The molecule has 0 fully saturated rings. The number of ether oxygens (including phenoxy) is 2. The van der Waals surface area contributed by atoms with Gasteiger partial charge < -0.3 is 19.7 Å². The molecule has 1 aliphatic rings. The smallest absolute Gasteiger partial charge is 0.318 e. The van der Waals surface area contributed by atoms with Crippen LogP contribution in [0.4, 0.5) is 4.79 Å². The quantitative estimate of drug-likeness (QED) is 0.578. The standard InChI is InChI=1S/C25H31ClN4O4/c1-17(2)27-25(32)29(12-13-33-3)16-24(31)30-23(20-10-5-6-11-21(20)26)15-22(28-30)18-8-7-9-19(14-18)34-4/h5-11,14,17,23H,12-13,15-16H2,1-4H3,(H,27,32)/t23-/m1/s1. The molecule has 0 saturated heterocycles. The Bertz CT molecular complexity index is 1040. The van der Waals surface area contributed by atoms with Gasteiger partial charge in [0, 0.05) is 36.7 Å². The highest BCUT2D eigenvalue weighted by Crippen LogP contribution is 2.36. The lowest BCUT2D eigenvalue weighted by Crippen LogP contribution is -2.48. The normalized spacial score (nSPS) is 15.3. The summed E-state index contributed by atoms with van der Waals surface area (Å²) in [5.41, 5.74) is 2.40. The number of methoxy groups -OCH3 is 2. The van der Waals surface area contributed by atoms with Gasteiger partial charge in [-0.1, -0.05) is 41.9 Å². The van der Waals surface area contributed by atoms with Gasteiger partial charge in [0.15, 0.2) is 0 Å². The molecular formula is C25H31ClN4O4. The van der Waals surface area contributed by atoms with E-state index in [0.717, 1.165) is 16.8 Å². The number of benzene rings is 2. The van der Waals surface area contributed by atoms with E-state index >= 15 is 0 Å². The number of carbonyl (C=O) groups excluding carboxylic acids is 2. The first-order chi connectivity index (χ1) is 16.3. The van der Waals surface area contributed by atoms with Crippen LogP contribution in [-0.4, -0.2) is 67.5 Å². The van der Waals surface area contributed by atoms with E-state index in [2.05, 4.69) is 10.4 Å². The summed E-state index contributed by atoms with van der Waals surface area (Å²) < 4.78 is 10.5. The average molecular weight is 487 g/mol. The van der Waals surface area contributed by atoms with Crippen LogP contribution in [-0.2, 0) is 9.53 Å². The lowest BCUT2D eigenvalue weighted by Gasteiger charge is -2.28. The number of nitrogens with zero attached hydrogens (tertiary/aromatic N) is 3. The van der Waals surface area contributed by atoms with Crippen molar-refractivity contribution in [1.29, 1.82) is 0 Å². The highest BCUT2D eigenvalue weighted by atomic mass is 35.5. The molecule has 0 aliphatic carbocycles. The Morgan fingerprint density at radius 1 is 1.21 bits per heavy atom. The number of hydrazone groups is 1. The van der Waals surface area contributed by atoms with Crippen LogP contribution in [0.1, 0.15) is 37.4 Å². The first-order valence-corrected chi connectivity index (χ1v) is 11.5. The third-order valence-corrected chi connectivity index (χ3v) is 5.77. The van der Waals surface area contributed by atoms with Crippen LogP contribution >= 0.6 is 11.6 Å².